The maximum absolute atomic E-state index is 11.8. The molecule has 0 fully saturated rings. The van der Waals surface area contributed by atoms with Gasteiger partial charge in [-0.1, -0.05) is 0 Å². The molecule has 0 heterocycles. The third-order valence-corrected chi connectivity index (χ3v) is 1.02. The number of hydrogen-bond donors (Lipinski definition) is 1. The zero-order valence-electron chi connectivity index (χ0n) is 5.83. The van der Waals surface area contributed by atoms with Gasteiger partial charge in [-0.05, 0) is 0 Å². The Balaban J connectivity index is 0. The van der Waals surface area contributed by atoms with Gasteiger partial charge in [0.25, 0.3) is 0 Å². The first kappa shape index (κ1) is 16.0. The topological polar surface area (TPSA) is 37.3 Å². The monoisotopic (exact) mass is 317 g/mol. The van der Waals surface area contributed by atoms with Crippen molar-refractivity contribution in [3.63, 3.8) is 0 Å². The Morgan fingerprint density at radius 3 is 1.29 bits per heavy atom. The standard InChI is InChI=1S/C4HF7O2.Rh/c5-2(6,1(12)13)3(7,8)4(9,10)11;/h(H,12,13);/q;+2. The van der Waals surface area contributed by atoms with Crippen LogP contribution in [0.5, 0.6) is 0 Å². The van der Waals surface area contributed by atoms with Crippen LogP contribution in [0, 0.1) is 0 Å². The number of carboxylic acids is 1. The Morgan fingerprint density at radius 2 is 1.21 bits per heavy atom. The van der Waals surface area contributed by atoms with Crippen molar-refractivity contribution in [1.29, 1.82) is 0 Å². The Morgan fingerprint density at radius 1 is 0.929 bits per heavy atom. The minimum atomic E-state index is -6.60. The second-order valence-electron chi connectivity index (χ2n) is 1.95. The molecule has 85 valence electrons. The summed E-state index contributed by atoms with van der Waals surface area (Å²) in [6.07, 6.45) is -6.60. The van der Waals surface area contributed by atoms with Crippen molar-refractivity contribution in [2.24, 2.45) is 0 Å². The minimum absolute atomic E-state index is 0. The first-order valence-corrected chi connectivity index (χ1v) is 2.50. The zero-order chi connectivity index (χ0) is 11.1. The molecule has 10 heteroatoms. The summed E-state index contributed by atoms with van der Waals surface area (Å²) in [6.45, 7) is 0. The smallest absolute Gasteiger partial charge is 0.477 e. The third kappa shape index (κ3) is 2.34. The van der Waals surface area contributed by atoms with Gasteiger partial charge in [-0.3, -0.25) is 0 Å². The molecule has 0 aliphatic carbocycles. The van der Waals surface area contributed by atoms with Gasteiger partial charge < -0.3 is 5.11 Å². The van der Waals surface area contributed by atoms with Crippen LogP contribution in [0.3, 0.4) is 0 Å². The summed E-state index contributed by atoms with van der Waals surface area (Å²) in [6, 6.07) is 0. The van der Waals surface area contributed by atoms with Gasteiger partial charge in [0.1, 0.15) is 0 Å². The molecule has 0 saturated carbocycles. The molecular formula is C4HF7O2Rh+2. The zero-order valence-corrected chi connectivity index (χ0v) is 7.47. The van der Waals surface area contributed by atoms with Crippen molar-refractivity contribution < 1.29 is 60.1 Å². The molecule has 14 heavy (non-hydrogen) atoms. The Bertz CT molecular complexity index is 222. The fourth-order valence-electron chi connectivity index (χ4n) is 0.312. The molecule has 0 bridgehead atoms. The molecular weight excluding hydrogens is 316 g/mol. The average molecular weight is 317 g/mol. The van der Waals surface area contributed by atoms with Gasteiger partial charge in [-0.15, -0.1) is 0 Å². The van der Waals surface area contributed by atoms with E-state index in [2.05, 4.69) is 0 Å². The summed E-state index contributed by atoms with van der Waals surface area (Å²) < 4.78 is 80.5. The predicted octanol–water partition coefficient (Wildman–Crippen LogP) is 1.90. The van der Waals surface area contributed by atoms with Crippen molar-refractivity contribution in [3.8, 4) is 0 Å². The number of alkyl halides is 7. The molecule has 0 unspecified atom stereocenters. The van der Waals surface area contributed by atoms with Gasteiger partial charge in [0.05, 0.1) is 0 Å². The fourth-order valence-corrected chi connectivity index (χ4v) is 0.312. The van der Waals surface area contributed by atoms with Gasteiger partial charge in [0, 0.05) is 0 Å². The maximum Gasteiger partial charge on any atom is 2.00 e. The molecule has 0 atom stereocenters. The summed E-state index contributed by atoms with van der Waals surface area (Å²) in [5, 5.41) is 7.41. The molecule has 0 aliphatic rings. The number of halogens is 7. The van der Waals surface area contributed by atoms with Gasteiger partial charge in [0.15, 0.2) is 0 Å². The number of hydrogen-bond acceptors (Lipinski definition) is 1. The fraction of sp³-hybridized carbons (Fsp3) is 0.750. The molecule has 1 N–H and O–H groups in total. The van der Waals surface area contributed by atoms with E-state index in [0.29, 0.717) is 0 Å². The molecule has 0 aliphatic heterocycles. The maximum atomic E-state index is 11.8. The Kier molecular flexibility index (Phi) is 4.58. The van der Waals surface area contributed by atoms with Crippen molar-refractivity contribution in [3.05, 3.63) is 0 Å². The number of carbonyl (C=O) groups is 1. The third-order valence-electron chi connectivity index (χ3n) is 1.02. The molecule has 0 aromatic rings. The van der Waals surface area contributed by atoms with Crippen molar-refractivity contribution in [2.75, 3.05) is 0 Å². The quantitative estimate of drug-likeness (QED) is 0.624. The molecule has 0 amide bonds. The summed E-state index contributed by atoms with van der Waals surface area (Å²) in [5.41, 5.74) is 0. The second kappa shape index (κ2) is 4.00. The van der Waals surface area contributed by atoms with Gasteiger partial charge in [-0.25, -0.2) is 4.79 Å². The Labute approximate surface area is 84.8 Å². The van der Waals surface area contributed by atoms with Crippen LogP contribution >= 0.6 is 0 Å². The number of rotatable bonds is 2. The SMILES string of the molecule is O=C(O)C(F)(F)C(F)(F)C(F)(F)F.[Rh+2]. The molecule has 0 saturated heterocycles. The van der Waals surface area contributed by atoms with Crippen LogP contribution in [0.15, 0.2) is 0 Å². The number of aliphatic carboxylic acids is 1. The molecule has 0 spiro atoms. The molecule has 1 radical (unpaired) electrons. The van der Waals surface area contributed by atoms with Crippen molar-refractivity contribution in [2.45, 2.75) is 18.0 Å². The van der Waals surface area contributed by atoms with E-state index in [1.54, 1.807) is 0 Å². The normalized spacial score (nSPS) is 13.4. The largest absolute Gasteiger partial charge is 2.00 e. The van der Waals surface area contributed by atoms with Crippen molar-refractivity contribution in [1.82, 2.24) is 0 Å². The molecule has 0 aromatic carbocycles. The summed E-state index contributed by atoms with van der Waals surface area (Å²) in [4.78, 5) is 9.38. The van der Waals surface area contributed by atoms with E-state index in [0.717, 1.165) is 0 Å². The number of carboxylic acid groups (broad SMARTS) is 1. The van der Waals surface area contributed by atoms with E-state index in [1.165, 1.54) is 0 Å². The van der Waals surface area contributed by atoms with E-state index < -0.39 is 24.0 Å². The second-order valence-corrected chi connectivity index (χ2v) is 1.95. The summed E-state index contributed by atoms with van der Waals surface area (Å²) in [7, 11) is 0. The molecule has 0 aromatic heterocycles. The summed E-state index contributed by atoms with van der Waals surface area (Å²) >= 11 is 0. The van der Waals surface area contributed by atoms with Crippen LogP contribution in [0.1, 0.15) is 0 Å². The van der Waals surface area contributed by atoms with E-state index >= 15 is 0 Å². The van der Waals surface area contributed by atoms with Crippen LogP contribution in [0.4, 0.5) is 30.7 Å². The Hall–Kier alpha value is -0.397. The van der Waals surface area contributed by atoms with Crippen LogP contribution < -0.4 is 0 Å². The molecule has 0 rings (SSSR count). The predicted molar refractivity (Wildman–Crippen MR) is 23.6 cm³/mol. The average Bonchev–Trinajstić information content (AvgIpc) is 1.84. The van der Waals surface area contributed by atoms with Gasteiger partial charge >= 0.3 is 43.5 Å². The summed E-state index contributed by atoms with van der Waals surface area (Å²) in [5.74, 6) is -16.3. The van der Waals surface area contributed by atoms with Gasteiger partial charge in [-0.2, -0.15) is 30.7 Å². The molecule has 2 nitrogen and oxygen atoms in total. The van der Waals surface area contributed by atoms with E-state index in [1.807, 2.05) is 0 Å². The van der Waals surface area contributed by atoms with Gasteiger partial charge in [0.2, 0.25) is 0 Å². The van der Waals surface area contributed by atoms with Crippen molar-refractivity contribution >= 4 is 5.97 Å². The van der Waals surface area contributed by atoms with Crippen LogP contribution in [-0.2, 0) is 24.3 Å². The van der Waals surface area contributed by atoms with Crippen LogP contribution in [0.25, 0.3) is 0 Å². The first-order valence-electron chi connectivity index (χ1n) is 2.50. The van der Waals surface area contributed by atoms with E-state index in [-0.39, 0.29) is 19.5 Å². The van der Waals surface area contributed by atoms with E-state index in [4.69, 9.17) is 5.11 Å². The van der Waals surface area contributed by atoms with E-state index in [9.17, 15) is 35.5 Å². The van der Waals surface area contributed by atoms with Crippen LogP contribution in [0.2, 0.25) is 0 Å². The first-order chi connectivity index (χ1) is 5.44. The van der Waals surface area contributed by atoms with Crippen LogP contribution in [-0.4, -0.2) is 29.1 Å². The minimum Gasteiger partial charge on any atom is -0.477 e.